The molecular weight excluding hydrogens is 333 g/mol. The van der Waals surface area contributed by atoms with Crippen LogP contribution in [0.1, 0.15) is 23.6 Å². The number of benzene rings is 1. The van der Waals surface area contributed by atoms with Crippen molar-refractivity contribution in [2.75, 3.05) is 0 Å². The van der Waals surface area contributed by atoms with Crippen molar-refractivity contribution >= 4 is 69.6 Å². The molecule has 0 N–H and O–H groups in total. The van der Waals surface area contributed by atoms with Gasteiger partial charge in [0.05, 0.1) is 0 Å². The Labute approximate surface area is 125 Å². The summed E-state index contributed by atoms with van der Waals surface area (Å²) >= 11 is 34.9. The van der Waals surface area contributed by atoms with Gasteiger partial charge in [0, 0.05) is 11.1 Å². The lowest BCUT2D eigenvalue weighted by Gasteiger charge is -2.19. The van der Waals surface area contributed by atoms with Crippen molar-refractivity contribution < 1.29 is 0 Å². The van der Waals surface area contributed by atoms with Crippen LogP contribution in [-0.2, 0) is 14.0 Å². The van der Waals surface area contributed by atoms with Gasteiger partial charge in [-0.1, -0.05) is 88.7 Å². The molecular formula is C10H8Cl6. The molecule has 0 nitrogen and oxygen atoms in total. The molecule has 0 unspecified atom stereocenters. The molecule has 0 spiro atoms. The van der Waals surface area contributed by atoms with E-state index in [1.807, 2.05) is 6.92 Å². The van der Waals surface area contributed by atoms with Gasteiger partial charge < -0.3 is 0 Å². The molecule has 1 rings (SSSR count). The first-order chi connectivity index (χ1) is 7.16. The van der Waals surface area contributed by atoms with Gasteiger partial charge in [-0.15, -0.1) is 0 Å². The minimum Gasteiger partial charge on any atom is -0.0784 e. The summed E-state index contributed by atoms with van der Waals surface area (Å²) < 4.78 is -3.03. The van der Waals surface area contributed by atoms with E-state index in [1.54, 1.807) is 18.2 Å². The van der Waals surface area contributed by atoms with Crippen LogP contribution in [0.5, 0.6) is 0 Å². The van der Waals surface area contributed by atoms with E-state index in [9.17, 15) is 0 Å². The lowest BCUT2D eigenvalue weighted by molar-refractivity contribution is 1.05. The van der Waals surface area contributed by atoms with Gasteiger partial charge in [0.1, 0.15) is 0 Å². The zero-order valence-corrected chi connectivity index (χ0v) is 12.7. The molecule has 0 aliphatic heterocycles. The number of hydrogen-bond donors (Lipinski definition) is 0. The molecule has 0 radical (unpaired) electrons. The van der Waals surface area contributed by atoms with Crippen LogP contribution < -0.4 is 0 Å². The molecule has 1 aromatic carbocycles. The standard InChI is InChI=1S/C10H8Cl6/c1-2-6-3-4-7(9(11,12)13)5-8(6)10(14,15)16/h3-5H,2H2,1H3. The second kappa shape index (κ2) is 5.30. The average molecular weight is 341 g/mol. The Morgan fingerprint density at radius 2 is 1.50 bits per heavy atom. The largest absolute Gasteiger partial charge is 0.216 e. The van der Waals surface area contributed by atoms with E-state index in [4.69, 9.17) is 69.6 Å². The van der Waals surface area contributed by atoms with Crippen molar-refractivity contribution in [1.29, 1.82) is 0 Å². The first kappa shape index (κ1) is 15.0. The van der Waals surface area contributed by atoms with Crippen LogP contribution in [0, 0.1) is 0 Å². The molecule has 0 saturated carbocycles. The number of rotatable bonds is 1. The Morgan fingerprint density at radius 1 is 0.938 bits per heavy atom. The zero-order chi connectivity index (χ0) is 12.6. The van der Waals surface area contributed by atoms with Crippen molar-refractivity contribution in [2.24, 2.45) is 0 Å². The molecule has 1 aromatic rings. The third-order valence-electron chi connectivity index (χ3n) is 2.12. The summed E-state index contributed by atoms with van der Waals surface area (Å²) in [6.07, 6.45) is 0.739. The monoisotopic (exact) mass is 338 g/mol. The maximum absolute atomic E-state index is 5.87. The van der Waals surface area contributed by atoms with Crippen molar-refractivity contribution in [3.8, 4) is 0 Å². The minimum absolute atomic E-state index is 0.482. The number of aryl methyl sites for hydroxylation is 1. The molecule has 0 aromatic heterocycles. The van der Waals surface area contributed by atoms with E-state index >= 15 is 0 Å². The quantitative estimate of drug-likeness (QED) is 0.558. The van der Waals surface area contributed by atoms with Crippen molar-refractivity contribution in [3.05, 3.63) is 34.9 Å². The van der Waals surface area contributed by atoms with Gasteiger partial charge in [-0.05, 0) is 18.1 Å². The summed E-state index contributed by atoms with van der Waals surface area (Å²) in [5.41, 5.74) is 1.94. The maximum atomic E-state index is 5.87. The molecule has 0 fully saturated rings. The van der Waals surface area contributed by atoms with Gasteiger partial charge in [0.15, 0.2) is 0 Å². The van der Waals surface area contributed by atoms with Crippen molar-refractivity contribution in [1.82, 2.24) is 0 Å². The first-order valence-corrected chi connectivity index (χ1v) is 6.70. The molecule has 90 valence electrons. The first-order valence-electron chi connectivity index (χ1n) is 4.43. The maximum Gasteiger partial charge on any atom is 0.216 e. The highest BCUT2D eigenvalue weighted by Gasteiger charge is 2.30. The van der Waals surface area contributed by atoms with Crippen LogP contribution in [0.15, 0.2) is 18.2 Å². The van der Waals surface area contributed by atoms with E-state index < -0.39 is 7.59 Å². The van der Waals surface area contributed by atoms with Gasteiger partial charge >= 0.3 is 0 Å². The lowest BCUT2D eigenvalue weighted by atomic mass is 10.0. The summed E-state index contributed by atoms with van der Waals surface area (Å²) in [4.78, 5) is 0. The average Bonchev–Trinajstić information content (AvgIpc) is 2.14. The fourth-order valence-corrected chi connectivity index (χ4v) is 2.21. The third-order valence-corrected chi connectivity index (χ3v) is 3.39. The van der Waals surface area contributed by atoms with Crippen LogP contribution in [-0.4, -0.2) is 0 Å². The smallest absolute Gasteiger partial charge is 0.0784 e. The SMILES string of the molecule is CCc1ccc(C(Cl)(Cl)Cl)cc1C(Cl)(Cl)Cl. The number of hydrogen-bond acceptors (Lipinski definition) is 0. The van der Waals surface area contributed by atoms with Crippen LogP contribution >= 0.6 is 69.6 Å². The molecule has 0 amide bonds. The Balaban J connectivity index is 3.34. The Bertz CT molecular complexity index is 374. The topological polar surface area (TPSA) is 0 Å². The molecule has 0 bridgehead atoms. The fourth-order valence-electron chi connectivity index (χ4n) is 1.32. The van der Waals surface area contributed by atoms with Crippen LogP contribution in [0.3, 0.4) is 0 Å². The molecule has 0 aliphatic carbocycles. The third kappa shape index (κ3) is 3.73. The summed E-state index contributed by atoms with van der Waals surface area (Å²) in [5.74, 6) is 0. The summed E-state index contributed by atoms with van der Waals surface area (Å²) in [6.45, 7) is 1.96. The zero-order valence-electron chi connectivity index (χ0n) is 8.21. The van der Waals surface area contributed by atoms with Gasteiger partial charge in [-0.2, -0.15) is 0 Å². The van der Waals surface area contributed by atoms with Crippen LogP contribution in [0.25, 0.3) is 0 Å². The fraction of sp³-hybridized carbons (Fsp3) is 0.400. The summed E-state index contributed by atoms with van der Waals surface area (Å²) in [7, 11) is 0. The van der Waals surface area contributed by atoms with E-state index in [1.165, 1.54) is 0 Å². The van der Waals surface area contributed by atoms with Gasteiger partial charge in [-0.25, -0.2) is 0 Å². The molecule has 0 atom stereocenters. The molecule has 6 heteroatoms. The normalized spacial score (nSPS) is 12.9. The molecule has 0 saturated heterocycles. The predicted molar refractivity (Wildman–Crippen MR) is 74.3 cm³/mol. The second-order valence-corrected chi connectivity index (χ2v) is 7.78. The minimum atomic E-state index is -1.52. The second-order valence-electron chi connectivity index (χ2n) is 3.22. The lowest BCUT2D eigenvalue weighted by Crippen LogP contribution is -2.09. The summed E-state index contributed by atoms with van der Waals surface area (Å²) in [6, 6.07) is 5.12. The van der Waals surface area contributed by atoms with Crippen LogP contribution in [0.2, 0.25) is 0 Å². The number of halogens is 6. The van der Waals surface area contributed by atoms with E-state index in [2.05, 4.69) is 0 Å². The van der Waals surface area contributed by atoms with Gasteiger partial charge in [0.2, 0.25) is 7.59 Å². The summed E-state index contributed by atoms with van der Waals surface area (Å²) in [5, 5.41) is 0. The molecule has 16 heavy (non-hydrogen) atoms. The predicted octanol–water partition coefficient (Wildman–Crippen LogP) is 5.90. The Kier molecular flexibility index (Phi) is 4.98. The highest BCUT2D eigenvalue weighted by molar-refractivity contribution is 6.67. The highest BCUT2D eigenvalue weighted by Crippen LogP contribution is 2.44. The Hall–Kier alpha value is 0.960. The van der Waals surface area contributed by atoms with Crippen molar-refractivity contribution in [3.63, 3.8) is 0 Å². The highest BCUT2D eigenvalue weighted by atomic mass is 35.6. The van der Waals surface area contributed by atoms with Crippen molar-refractivity contribution in [2.45, 2.75) is 20.9 Å². The van der Waals surface area contributed by atoms with E-state index in [0.29, 0.717) is 11.1 Å². The Morgan fingerprint density at radius 3 is 1.88 bits per heavy atom. The van der Waals surface area contributed by atoms with Crippen LogP contribution in [0.4, 0.5) is 0 Å². The van der Waals surface area contributed by atoms with E-state index in [0.717, 1.165) is 12.0 Å². The number of alkyl halides is 6. The molecule has 0 heterocycles. The van der Waals surface area contributed by atoms with Gasteiger partial charge in [0.25, 0.3) is 0 Å². The molecule has 0 aliphatic rings. The van der Waals surface area contributed by atoms with E-state index in [-0.39, 0.29) is 0 Å². The van der Waals surface area contributed by atoms with Gasteiger partial charge in [-0.3, -0.25) is 0 Å².